The zero-order chi connectivity index (χ0) is 28.8. The predicted octanol–water partition coefficient (Wildman–Crippen LogP) is 2.91. The number of ether oxygens (including phenoxy) is 3. The van der Waals surface area contributed by atoms with Gasteiger partial charge in [0, 0.05) is 31.9 Å². The van der Waals surface area contributed by atoms with Gasteiger partial charge >= 0.3 is 11.9 Å². The highest BCUT2D eigenvalue weighted by Crippen LogP contribution is 2.34. The highest BCUT2D eigenvalue weighted by atomic mass is 79.9. The van der Waals surface area contributed by atoms with Crippen LogP contribution in [0.5, 0.6) is 17.2 Å². The van der Waals surface area contributed by atoms with Gasteiger partial charge < -0.3 is 36.1 Å². The van der Waals surface area contributed by atoms with E-state index in [-0.39, 0.29) is 30.5 Å². The largest absolute Gasteiger partial charge is 1.00 e. The summed E-state index contributed by atoms with van der Waals surface area (Å²) >= 11 is 0. The number of hydrogen-bond donors (Lipinski definition) is 0. The number of anilines is 1. The Morgan fingerprint density at radius 3 is 1.88 bits per heavy atom. The minimum Gasteiger partial charge on any atom is -1.00 e. The molecule has 1 heterocycles. The third kappa shape index (κ3) is 8.59. The summed E-state index contributed by atoms with van der Waals surface area (Å²) in [5.74, 6) is 0.654. The average Bonchev–Trinajstić information content (AvgIpc) is 2.94. The van der Waals surface area contributed by atoms with Crippen LogP contribution in [0, 0.1) is 27.7 Å². The smallest absolute Gasteiger partial charge is 0.343 e. The van der Waals surface area contributed by atoms with Crippen LogP contribution < -0.4 is 40.7 Å². The van der Waals surface area contributed by atoms with Crippen LogP contribution in [0.1, 0.15) is 43.0 Å². The van der Waals surface area contributed by atoms with E-state index in [1.165, 1.54) is 0 Å². The van der Waals surface area contributed by atoms with E-state index < -0.39 is 11.9 Å². The molecule has 4 aromatic rings. The van der Waals surface area contributed by atoms with Gasteiger partial charge in [0.2, 0.25) is 0 Å². The summed E-state index contributed by atoms with van der Waals surface area (Å²) in [5.41, 5.74) is 5.24. The van der Waals surface area contributed by atoms with Crippen molar-refractivity contribution in [2.24, 2.45) is 0 Å². The molecule has 9 heteroatoms. The van der Waals surface area contributed by atoms with Gasteiger partial charge in [-0.1, -0.05) is 17.7 Å². The second-order valence-corrected chi connectivity index (χ2v) is 9.98. The first kappa shape index (κ1) is 34.4. The summed E-state index contributed by atoms with van der Waals surface area (Å²) in [6, 6.07) is 19.9. The fourth-order valence-corrected chi connectivity index (χ4v) is 4.14. The Labute approximate surface area is 265 Å². The van der Waals surface area contributed by atoms with E-state index in [1.807, 2.05) is 66.3 Å². The fraction of sp³-hybridized carbons (Fsp3) is 0.242. The molecule has 0 aliphatic heterocycles. The molecule has 0 atom stereocenters. The van der Waals surface area contributed by atoms with E-state index in [0.29, 0.717) is 47.1 Å². The Morgan fingerprint density at radius 2 is 1.31 bits per heavy atom. The molecular weight excluding hydrogens is 616 g/mol. The first-order valence-electron chi connectivity index (χ1n) is 13.1. The number of halogens is 1. The summed E-state index contributed by atoms with van der Waals surface area (Å²) in [6.45, 7) is 8.66. The number of hydrogen-bond acceptors (Lipinski definition) is 6. The number of carbonyl (C=O) groups excluding carboxylic acids is 2. The molecular formula is C33H37BrN2O5S. The predicted molar refractivity (Wildman–Crippen MR) is 165 cm³/mol. The number of aryl methyl sites for hydroxylation is 2. The van der Waals surface area contributed by atoms with Crippen molar-refractivity contribution in [2.75, 3.05) is 25.6 Å². The molecule has 0 aliphatic rings. The van der Waals surface area contributed by atoms with Crippen molar-refractivity contribution in [3.05, 3.63) is 113 Å². The van der Waals surface area contributed by atoms with Crippen LogP contribution in [0.25, 0.3) is 0 Å². The molecule has 4 rings (SSSR count). The van der Waals surface area contributed by atoms with Gasteiger partial charge in [-0.05, 0) is 86.8 Å². The quantitative estimate of drug-likeness (QED) is 0.157. The first-order chi connectivity index (χ1) is 19.1. The summed E-state index contributed by atoms with van der Waals surface area (Å²) in [7, 11) is 4.02. The summed E-state index contributed by atoms with van der Waals surface area (Å²) in [6.07, 6.45) is 4.04. The molecule has 0 amide bonds. The molecule has 7 nitrogen and oxygen atoms in total. The standard InChI is InChI=1S/C33H35N2O5.BrH.H2S/c1-22-7-9-26(10-8-22)32(36)39-30-21-23(2)31(25(4)24(30)3)40-33(37)27-11-13-29(14-12-27)38-20-19-35-17-15-28(16-18-35)34(5)6;;/h7-18,21H,19-20H2,1-6H3;1H;1H2/q+1;;/p-1. The molecule has 0 bridgehead atoms. The van der Waals surface area contributed by atoms with Crippen LogP contribution in [0.15, 0.2) is 79.1 Å². The van der Waals surface area contributed by atoms with Crippen molar-refractivity contribution in [1.29, 1.82) is 0 Å². The third-order valence-corrected chi connectivity index (χ3v) is 6.76. The lowest BCUT2D eigenvalue weighted by atomic mass is 10.0. The maximum absolute atomic E-state index is 12.9. The highest BCUT2D eigenvalue weighted by molar-refractivity contribution is 7.59. The van der Waals surface area contributed by atoms with E-state index in [4.69, 9.17) is 14.2 Å². The first-order valence-corrected chi connectivity index (χ1v) is 13.1. The number of esters is 2. The minimum absolute atomic E-state index is 0. The minimum atomic E-state index is -0.474. The van der Waals surface area contributed by atoms with E-state index in [9.17, 15) is 9.59 Å². The highest BCUT2D eigenvalue weighted by Gasteiger charge is 2.19. The van der Waals surface area contributed by atoms with Crippen molar-refractivity contribution in [3.8, 4) is 17.2 Å². The monoisotopic (exact) mass is 652 g/mol. The molecule has 0 fully saturated rings. The molecule has 0 N–H and O–H groups in total. The van der Waals surface area contributed by atoms with Gasteiger partial charge in [-0.25, -0.2) is 14.2 Å². The molecule has 0 saturated heterocycles. The maximum atomic E-state index is 12.9. The normalized spacial score (nSPS) is 10.1. The number of pyridine rings is 1. The van der Waals surface area contributed by atoms with Crippen molar-refractivity contribution in [1.82, 2.24) is 0 Å². The molecule has 0 spiro atoms. The molecule has 0 unspecified atom stereocenters. The summed E-state index contributed by atoms with van der Waals surface area (Å²) < 4.78 is 19.4. The van der Waals surface area contributed by atoms with Gasteiger partial charge in [0.25, 0.3) is 0 Å². The molecule has 0 saturated carbocycles. The lowest BCUT2D eigenvalue weighted by Crippen LogP contribution is -3.00. The molecule has 42 heavy (non-hydrogen) atoms. The molecule has 222 valence electrons. The maximum Gasteiger partial charge on any atom is 0.343 e. The average molecular weight is 654 g/mol. The zero-order valence-corrected chi connectivity index (χ0v) is 27.3. The van der Waals surface area contributed by atoms with Gasteiger partial charge in [0.15, 0.2) is 18.9 Å². The Balaban J connectivity index is 0.00000308. The number of carbonyl (C=O) groups is 2. The number of rotatable bonds is 9. The van der Waals surface area contributed by atoms with Crippen LogP contribution >= 0.6 is 13.5 Å². The van der Waals surface area contributed by atoms with Crippen LogP contribution in [-0.4, -0.2) is 32.6 Å². The van der Waals surface area contributed by atoms with Gasteiger partial charge in [-0.2, -0.15) is 13.5 Å². The third-order valence-electron chi connectivity index (χ3n) is 6.76. The fourth-order valence-electron chi connectivity index (χ4n) is 4.14. The zero-order valence-electron chi connectivity index (χ0n) is 24.7. The van der Waals surface area contributed by atoms with Gasteiger partial charge in [-0.3, -0.25) is 0 Å². The topological polar surface area (TPSA) is 68.9 Å². The SMILES string of the molecule is Cc1ccc(C(=O)Oc2cc(C)c(OC(=O)c3ccc(OCC[n+]4ccc(N(C)C)cc4)cc3)c(C)c2C)cc1.S.[Br-]. The van der Waals surface area contributed by atoms with Crippen molar-refractivity contribution < 1.29 is 45.3 Å². The van der Waals surface area contributed by atoms with Crippen LogP contribution in [-0.2, 0) is 6.54 Å². The summed E-state index contributed by atoms with van der Waals surface area (Å²) in [4.78, 5) is 27.6. The van der Waals surface area contributed by atoms with E-state index in [0.717, 1.165) is 22.4 Å². The summed E-state index contributed by atoms with van der Waals surface area (Å²) in [5, 5.41) is 0. The number of nitrogens with zero attached hydrogens (tertiary/aromatic N) is 2. The van der Waals surface area contributed by atoms with Crippen molar-refractivity contribution >= 4 is 31.1 Å². The molecule has 0 radical (unpaired) electrons. The second kappa shape index (κ2) is 15.4. The van der Waals surface area contributed by atoms with E-state index in [1.54, 1.807) is 42.5 Å². The Kier molecular flexibility index (Phi) is 12.6. The Morgan fingerprint density at radius 1 is 0.762 bits per heavy atom. The van der Waals surface area contributed by atoms with Gasteiger partial charge in [0.1, 0.15) is 23.9 Å². The Bertz CT molecular complexity index is 1510. The number of aromatic nitrogens is 1. The van der Waals surface area contributed by atoms with Crippen molar-refractivity contribution in [3.63, 3.8) is 0 Å². The van der Waals surface area contributed by atoms with E-state index >= 15 is 0 Å². The second-order valence-electron chi connectivity index (χ2n) is 9.98. The van der Waals surface area contributed by atoms with Crippen LogP contribution in [0.4, 0.5) is 5.69 Å². The van der Waals surface area contributed by atoms with Gasteiger partial charge in [0.05, 0.1) is 11.1 Å². The lowest BCUT2D eigenvalue weighted by Gasteiger charge is -2.16. The van der Waals surface area contributed by atoms with Crippen LogP contribution in [0.3, 0.4) is 0 Å². The lowest BCUT2D eigenvalue weighted by molar-refractivity contribution is -0.697. The van der Waals surface area contributed by atoms with Gasteiger partial charge in [-0.15, -0.1) is 0 Å². The molecule has 1 aromatic heterocycles. The number of benzene rings is 3. The van der Waals surface area contributed by atoms with Crippen molar-refractivity contribution in [2.45, 2.75) is 34.2 Å². The van der Waals surface area contributed by atoms with Crippen LogP contribution in [0.2, 0.25) is 0 Å². The molecule has 3 aromatic carbocycles. The van der Waals surface area contributed by atoms with E-state index in [2.05, 4.69) is 21.6 Å². The molecule has 0 aliphatic carbocycles. The Hall–Kier alpha value is -3.82.